The Kier molecular flexibility index (Phi) is 2.38. The van der Waals surface area contributed by atoms with Crippen molar-refractivity contribution in [2.24, 2.45) is 0 Å². The highest BCUT2D eigenvalue weighted by molar-refractivity contribution is 5.72. The highest BCUT2D eigenvalue weighted by atomic mass is 16.2. The predicted octanol–water partition coefficient (Wildman–Crippen LogP) is 1.02. The minimum Gasteiger partial charge on any atom is -0.309 e. The van der Waals surface area contributed by atoms with Crippen LogP contribution in [0.5, 0.6) is 0 Å². The number of nitrogens with zero attached hydrogens (tertiary/aromatic N) is 2. The molecule has 2 aromatic heterocycles. The fraction of sp³-hybridized carbons (Fsp3) is 0.154. The van der Waals surface area contributed by atoms with Crippen LogP contribution < -0.4 is 11.2 Å². The lowest BCUT2D eigenvalue weighted by atomic mass is 10.2. The number of hydrogen-bond donors (Lipinski definition) is 2. The summed E-state index contributed by atoms with van der Waals surface area (Å²) < 4.78 is 1.36. The molecular weight excluding hydrogens is 244 g/mol. The van der Waals surface area contributed by atoms with Crippen LogP contribution in [-0.2, 0) is 0 Å². The minimum absolute atomic E-state index is 0.241. The van der Waals surface area contributed by atoms with Crippen LogP contribution in [0.3, 0.4) is 0 Å². The average molecular weight is 256 g/mol. The molecule has 6 heteroatoms. The topological polar surface area (TPSA) is 83.5 Å². The Morgan fingerprint density at radius 2 is 1.84 bits per heavy atom. The summed E-state index contributed by atoms with van der Waals surface area (Å²) in [4.78, 5) is 33.5. The van der Waals surface area contributed by atoms with E-state index in [9.17, 15) is 9.59 Å². The van der Waals surface area contributed by atoms with E-state index in [0.717, 1.165) is 5.56 Å². The summed E-state index contributed by atoms with van der Waals surface area (Å²) in [6.07, 6.45) is 0. The predicted molar refractivity (Wildman–Crippen MR) is 71.8 cm³/mol. The molecule has 19 heavy (non-hydrogen) atoms. The molecule has 0 saturated carbocycles. The highest BCUT2D eigenvalue weighted by Gasteiger charge is 2.14. The monoisotopic (exact) mass is 256 g/mol. The summed E-state index contributed by atoms with van der Waals surface area (Å²) in [6, 6.07) is 7.38. The quantitative estimate of drug-likeness (QED) is 0.681. The van der Waals surface area contributed by atoms with Gasteiger partial charge in [-0.2, -0.15) is 0 Å². The number of nitrogens with one attached hydrogen (secondary N) is 2. The van der Waals surface area contributed by atoms with Gasteiger partial charge in [-0.15, -0.1) is 0 Å². The van der Waals surface area contributed by atoms with Crippen LogP contribution in [0.15, 0.2) is 33.9 Å². The molecule has 0 amide bonds. The lowest BCUT2D eigenvalue weighted by Gasteiger charge is -2.05. The summed E-state index contributed by atoms with van der Waals surface area (Å²) in [7, 11) is 0. The van der Waals surface area contributed by atoms with E-state index in [-0.39, 0.29) is 16.8 Å². The Labute approximate surface area is 107 Å². The lowest BCUT2D eigenvalue weighted by Crippen LogP contribution is -2.19. The fourth-order valence-electron chi connectivity index (χ4n) is 2.18. The molecule has 3 aromatic rings. The van der Waals surface area contributed by atoms with Crippen LogP contribution in [0.4, 0.5) is 0 Å². The molecule has 6 nitrogen and oxygen atoms in total. The van der Waals surface area contributed by atoms with Crippen molar-refractivity contribution in [1.29, 1.82) is 0 Å². The molecule has 2 heterocycles. The van der Waals surface area contributed by atoms with Crippen molar-refractivity contribution in [3.05, 3.63) is 56.5 Å². The molecule has 1 aromatic carbocycles. The summed E-state index contributed by atoms with van der Waals surface area (Å²) in [5, 5.41) is 0. The second-order valence-electron chi connectivity index (χ2n) is 4.40. The number of para-hydroxylation sites is 1. The number of imidazole rings is 1. The van der Waals surface area contributed by atoms with Gasteiger partial charge in [0.25, 0.3) is 5.56 Å². The Balaban J connectivity index is 2.50. The van der Waals surface area contributed by atoms with Crippen molar-refractivity contribution in [2.75, 3.05) is 0 Å². The summed E-state index contributed by atoms with van der Waals surface area (Å²) in [5.74, 6) is 0.468. The van der Waals surface area contributed by atoms with Gasteiger partial charge in [0.15, 0.2) is 11.2 Å². The fourth-order valence-corrected chi connectivity index (χ4v) is 2.18. The number of aryl methyl sites for hydroxylation is 2. The van der Waals surface area contributed by atoms with Crippen LogP contribution >= 0.6 is 0 Å². The molecule has 0 bridgehead atoms. The molecule has 96 valence electrons. The van der Waals surface area contributed by atoms with Gasteiger partial charge in [-0.05, 0) is 25.5 Å². The maximum absolute atomic E-state index is 12.1. The van der Waals surface area contributed by atoms with Crippen LogP contribution in [0.25, 0.3) is 16.9 Å². The second-order valence-corrected chi connectivity index (χ2v) is 4.40. The summed E-state index contributed by atoms with van der Waals surface area (Å²) >= 11 is 0. The van der Waals surface area contributed by atoms with E-state index in [1.54, 1.807) is 13.0 Å². The van der Waals surface area contributed by atoms with E-state index in [1.807, 2.05) is 25.1 Å². The van der Waals surface area contributed by atoms with Crippen molar-refractivity contribution in [3.8, 4) is 5.69 Å². The van der Waals surface area contributed by atoms with Crippen LogP contribution in [0.2, 0.25) is 0 Å². The number of rotatable bonds is 1. The van der Waals surface area contributed by atoms with Gasteiger partial charge in [0.2, 0.25) is 0 Å². The smallest absolute Gasteiger partial charge is 0.309 e. The van der Waals surface area contributed by atoms with Gasteiger partial charge in [0.1, 0.15) is 5.82 Å². The van der Waals surface area contributed by atoms with Gasteiger partial charge in [0, 0.05) is 0 Å². The van der Waals surface area contributed by atoms with E-state index in [2.05, 4.69) is 15.0 Å². The van der Waals surface area contributed by atoms with Crippen LogP contribution in [0, 0.1) is 13.8 Å². The molecule has 0 radical (unpaired) electrons. The van der Waals surface area contributed by atoms with E-state index in [0.29, 0.717) is 17.2 Å². The van der Waals surface area contributed by atoms with Crippen molar-refractivity contribution in [3.63, 3.8) is 0 Å². The van der Waals surface area contributed by atoms with Crippen molar-refractivity contribution in [1.82, 2.24) is 19.5 Å². The Morgan fingerprint density at radius 1 is 1.11 bits per heavy atom. The number of aromatic nitrogens is 4. The van der Waals surface area contributed by atoms with Gasteiger partial charge in [-0.3, -0.25) is 14.3 Å². The summed E-state index contributed by atoms with van der Waals surface area (Å²) in [6.45, 7) is 3.56. The number of fused-ring (bicyclic) bond motifs is 1. The first kappa shape index (κ1) is 11.5. The molecule has 3 rings (SSSR count). The number of benzene rings is 1. The average Bonchev–Trinajstić information content (AvgIpc) is 2.66. The third-order valence-corrected chi connectivity index (χ3v) is 3.02. The van der Waals surface area contributed by atoms with Crippen LogP contribution in [0.1, 0.15) is 11.4 Å². The minimum atomic E-state index is -0.368. The third kappa shape index (κ3) is 1.69. The van der Waals surface area contributed by atoms with E-state index < -0.39 is 0 Å². The first-order valence-corrected chi connectivity index (χ1v) is 5.85. The lowest BCUT2D eigenvalue weighted by molar-refractivity contribution is 0.991. The zero-order valence-electron chi connectivity index (χ0n) is 10.5. The Morgan fingerprint density at radius 3 is 2.58 bits per heavy atom. The molecule has 0 aliphatic carbocycles. The van der Waals surface area contributed by atoms with Gasteiger partial charge < -0.3 is 4.98 Å². The van der Waals surface area contributed by atoms with Gasteiger partial charge in [-0.1, -0.05) is 18.2 Å². The maximum Gasteiger partial charge on any atom is 0.332 e. The van der Waals surface area contributed by atoms with Gasteiger partial charge >= 0.3 is 5.69 Å². The molecule has 0 aliphatic rings. The van der Waals surface area contributed by atoms with Crippen LogP contribution in [-0.4, -0.2) is 19.5 Å². The number of hydrogen-bond acceptors (Lipinski definition) is 3. The van der Waals surface area contributed by atoms with Gasteiger partial charge in [-0.25, -0.2) is 9.78 Å². The Hall–Kier alpha value is -2.63. The zero-order chi connectivity index (χ0) is 13.6. The van der Waals surface area contributed by atoms with Gasteiger partial charge in [0.05, 0.1) is 5.69 Å². The molecule has 0 unspecified atom stereocenters. The molecule has 0 aliphatic heterocycles. The molecule has 0 fully saturated rings. The van der Waals surface area contributed by atoms with E-state index in [1.165, 1.54) is 4.57 Å². The molecule has 0 saturated heterocycles. The van der Waals surface area contributed by atoms with Crippen molar-refractivity contribution >= 4 is 11.2 Å². The summed E-state index contributed by atoms with van der Waals surface area (Å²) in [5.41, 5.74) is 1.43. The molecule has 0 atom stereocenters. The maximum atomic E-state index is 12.1. The molecule has 0 spiro atoms. The second kappa shape index (κ2) is 3.94. The first-order valence-electron chi connectivity index (χ1n) is 5.85. The normalized spacial score (nSPS) is 11.1. The van der Waals surface area contributed by atoms with E-state index >= 15 is 0 Å². The first-order chi connectivity index (χ1) is 9.08. The number of H-pyrrole nitrogens is 2. The molecule has 2 N–H and O–H groups in total. The number of aromatic amines is 2. The zero-order valence-corrected chi connectivity index (χ0v) is 10.5. The Bertz CT molecular complexity index is 886. The standard InChI is InChI=1S/C13H12N4O2/c1-7-5-3-4-6-9(7)17-10-11(16-13(17)19)14-8(2)15-12(10)18/h3-6H,1-2H3,(H2,14,15,16,18,19). The van der Waals surface area contributed by atoms with E-state index in [4.69, 9.17) is 0 Å². The van der Waals surface area contributed by atoms with Crippen molar-refractivity contribution in [2.45, 2.75) is 13.8 Å². The third-order valence-electron chi connectivity index (χ3n) is 3.02. The SMILES string of the molecule is Cc1nc2[nH]c(=O)n(-c3ccccc3C)c2c(=O)[nH]1. The van der Waals surface area contributed by atoms with Crippen molar-refractivity contribution < 1.29 is 0 Å². The molecular formula is C13H12N4O2. The largest absolute Gasteiger partial charge is 0.332 e. The highest BCUT2D eigenvalue weighted by Crippen LogP contribution is 2.14.